The molecule has 1 aromatic heterocycles. The fourth-order valence-corrected chi connectivity index (χ4v) is 2.25. The van der Waals surface area contributed by atoms with Gasteiger partial charge >= 0.3 is 5.97 Å². The molecule has 2 heterocycles. The Bertz CT molecular complexity index is 776. The summed E-state index contributed by atoms with van der Waals surface area (Å²) in [4.78, 5) is 26.1. The molecule has 0 saturated carbocycles. The van der Waals surface area contributed by atoms with Gasteiger partial charge in [-0.15, -0.1) is 0 Å². The van der Waals surface area contributed by atoms with Crippen molar-refractivity contribution in [2.45, 2.75) is 19.4 Å². The lowest BCUT2D eigenvalue weighted by molar-refractivity contribution is -0.138. The van der Waals surface area contributed by atoms with Crippen molar-refractivity contribution in [2.75, 3.05) is 17.4 Å². The molecule has 0 saturated heterocycles. The van der Waals surface area contributed by atoms with Crippen molar-refractivity contribution in [2.24, 2.45) is 0 Å². The number of carbonyl (C=O) groups is 2. The molecule has 1 aliphatic heterocycles. The second-order valence-electron chi connectivity index (χ2n) is 5.42. The second kappa shape index (κ2) is 7.52. The molecule has 1 aliphatic rings. The van der Waals surface area contributed by atoms with Crippen LogP contribution in [0.4, 0.5) is 11.5 Å². The molecule has 130 valence electrons. The van der Waals surface area contributed by atoms with E-state index in [1.807, 2.05) is 18.2 Å². The number of hydrogen-bond donors (Lipinski definition) is 3. The zero-order chi connectivity index (χ0) is 17.6. The van der Waals surface area contributed by atoms with E-state index in [1.54, 1.807) is 18.3 Å². The summed E-state index contributed by atoms with van der Waals surface area (Å²) < 4.78 is 10.6. The van der Waals surface area contributed by atoms with Crippen LogP contribution >= 0.6 is 0 Å². The van der Waals surface area contributed by atoms with Gasteiger partial charge < -0.3 is 25.2 Å². The summed E-state index contributed by atoms with van der Waals surface area (Å²) >= 11 is 0. The van der Waals surface area contributed by atoms with E-state index in [4.69, 9.17) is 14.6 Å². The SMILES string of the molecule is O=C(O)CCC(=O)Nc1ccc(NCc2ccc3c(c2)OCO3)cn1. The van der Waals surface area contributed by atoms with E-state index in [1.165, 1.54) is 0 Å². The number of amides is 1. The minimum atomic E-state index is -1.01. The summed E-state index contributed by atoms with van der Waals surface area (Å²) in [5.74, 6) is 0.469. The molecule has 0 bridgehead atoms. The zero-order valence-electron chi connectivity index (χ0n) is 13.3. The van der Waals surface area contributed by atoms with Gasteiger partial charge in [0.15, 0.2) is 11.5 Å². The van der Waals surface area contributed by atoms with Crippen LogP contribution in [0.3, 0.4) is 0 Å². The highest BCUT2D eigenvalue weighted by molar-refractivity contribution is 5.91. The van der Waals surface area contributed by atoms with Crippen LogP contribution in [0.25, 0.3) is 0 Å². The van der Waals surface area contributed by atoms with Gasteiger partial charge in [0.25, 0.3) is 0 Å². The van der Waals surface area contributed by atoms with Crippen molar-refractivity contribution in [1.29, 1.82) is 0 Å². The van der Waals surface area contributed by atoms with E-state index in [9.17, 15) is 9.59 Å². The number of aromatic nitrogens is 1. The predicted molar refractivity (Wildman–Crippen MR) is 89.6 cm³/mol. The van der Waals surface area contributed by atoms with E-state index in [-0.39, 0.29) is 25.5 Å². The molecule has 3 N–H and O–H groups in total. The number of carboxylic acid groups (broad SMARTS) is 1. The fraction of sp³-hybridized carbons (Fsp3) is 0.235. The summed E-state index contributed by atoms with van der Waals surface area (Å²) in [6.45, 7) is 0.832. The molecule has 1 amide bonds. The topological polar surface area (TPSA) is 110 Å². The lowest BCUT2D eigenvalue weighted by Gasteiger charge is -2.08. The third-order valence-corrected chi connectivity index (χ3v) is 3.53. The van der Waals surface area contributed by atoms with Crippen LogP contribution in [0.2, 0.25) is 0 Å². The first kappa shape index (κ1) is 16.6. The van der Waals surface area contributed by atoms with Gasteiger partial charge in [-0.05, 0) is 29.8 Å². The van der Waals surface area contributed by atoms with Gasteiger partial charge in [-0.25, -0.2) is 4.98 Å². The normalized spacial score (nSPS) is 11.8. The minimum Gasteiger partial charge on any atom is -0.481 e. The molecule has 0 aliphatic carbocycles. The van der Waals surface area contributed by atoms with Gasteiger partial charge in [0.05, 0.1) is 18.3 Å². The molecule has 1 aromatic carbocycles. The number of nitrogens with zero attached hydrogens (tertiary/aromatic N) is 1. The zero-order valence-corrected chi connectivity index (χ0v) is 13.3. The molecule has 0 atom stereocenters. The number of rotatable bonds is 7. The number of aliphatic carboxylic acids is 1. The summed E-state index contributed by atoms with van der Waals surface area (Å²) in [5.41, 5.74) is 1.83. The van der Waals surface area contributed by atoms with Crippen LogP contribution in [0, 0.1) is 0 Å². The highest BCUT2D eigenvalue weighted by Gasteiger charge is 2.13. The molecule has 3 rings (SSSR count). The number of carboxylic acids is 1. The maximum Gasteiger partial charge on any atom is 0.303 e. The molecule has 0 spiro atoms. The van der Waals surface area contributed by atoms with Crippen LogP contribution in [0.15, 0.2) is 36.5 Å². The minimum absolute atomic E-state index is 0.0822. The Hall–Kier alpha value is -3.29. The average molecular weight is 343 g/mol. The number of carbonyl (C=O) groups excluding carboxylic acids is 1. The molecular weight excluding hydrogens is 326 g/mol. The van der Waals surface area contributed by atoms with Crippen molar-refractivity contribution in [3.8, 4) is 11.5 Å². The third-order valence-electron chi connectivity index (χ3n) is 3.53. The van der Waals surface area contributed by atoms with E-state index < -0.39 is 5.97 Å². The van der Waals surface area contributed by atoms with Gasteiger partial charge in [0.2, 0.25) is 12.7 Å². The van der Waals surface area contributed by atoms with E-state index in [2.05, 4.69) is 15.6 Å². The van der Waals surface area contributed by atoms with Crippen LogP contribution in [0.1, 0.15) is 18.4 Å². The van der Waals surface area contributed by atoms with Crippen molar-refractivity contribution in [1.82, 2.24) is 4.98 Å². The van der Waals surface area contributed by atoms with Gasteiger partial charge in [0.1, 0.15) is 5.82 Å². The summed E-state index contributed by atoms with van der Waals surface area (Å²) in [6.07, 6.45) is 1.31. The van der Waals surface area contributed by atoms with Gasteiger partial charge in [-0.3, -0.25) is 9.59 Å². The maximum absolute atomic E-state index is 11.6. The highest BCUT2D eigenvalue weighted by Crippen LogP contribution is 2.32. The Morgan fingerprint density at radius 2 is 1.96 bits per heavy atom. The van der Waals surface area contributed by atoms with E-state index in [0.29, 0.717) is 12.4 Å². The van der Waals surface area contributed by atoms with Crippen LogP contribution in [0.5, 0.6) is 11.5 Å². The van der Waals surface area contributed by atoms with Crippen molar-refractivity contribution < 1.29 is 24.2 Å². The smallest absolute Gasteiger partial charge is 0.303 e. The van der Waals surface area contributed by atoms with E-state index in [0.717, 1.165) is 22.7 Å². The van der Waals surface area contributed by atoms with E-state index >= 15 is 0 Å². The second-order valence-corrected chi connectivity index (χ2v) is 5.42. The summed E-state index contributed by atoms with van der Waals surface area (Å²) in [5, 5.41) is 14.3. The number of pyridine rings is 1. The first-order valence-electron chi connectivity index (χ1n) is 7.70. The molecular formula is C17H17N3O5. The number of anilines is 2. The Balaban J connectivity index is 1.50. The van der Waals surface area contributed by atoms with Gasteiger partial charge in [0, 0.05) is 13.0 Å². The number of hydrogen-bond acceptors (Lipinski definition) is 6. The van der Waals surface area contributed by atoms with Crippen LogP contribution < -0.4 is 20.1 Å². The Kier molecular flexibility index (Phi) is 4.98. The Labute approximate surface area is 143 Å². The number of fused-ring (bicyclic) bond motifs is 1. The summed E-state index contributed by atoms with van der Waals surface area (Å²) in [7, 11) is 0. The first-order valence-corrected chi connectivity index (χ1v) is 7.70. The molecule has 8 heteroatoms. The van der Waals surface area contributed by atoms with Gasteiger partial charge in [-0.2, -0.15) is 0 Å². The molecule has 25 heavy (non-hydrogen) atoms. The Morgan fingerprint density at radius 1 is 1.12 bits per heavy atom. The standard InChI is InChI=1S/C17H17N3O5/c21-16(5-6-17(22)23)20-15-4-2-12(9-19-15)18-8-11-1-3-13-14(7-11)25-10-24-13/h1-4,7,9,18H,5-6,8,10H2,(H,22,23)(H,19,20,21). The fourth-order valence-electron chi connectivity index (χ4n) is 2.25. The quantitative estimate of drug-likeness (QED) is 0.707. The Morgan fingerprint density at radius 3 is 2.72 bits per heavy atom. The average Bonchev–Trinajstić information content (AvgIpc) is 3.07. The van der Waals surface area contributed by atoms with Crippen molar-refractivity contribution >= 4 is 23.4 Å². The highest BCUT2D eigenvalue weighted by atomic mass is 16.7. The first-order chi connectivity index (χ1) is 12.1. The lowest BCUT2D eigenvalue weighted by Crippen LogP contribution is -2.14. The van der Waals surface area contributed by atoms with Crippen LogP contribution in [-0.2, 0) is 16.1 Å². The maximum atomic E-state index is 11.6. The lowest BCUT2D eigenvalue weighted by atomic mass is 10.2. The number of ether oxygens (including phenoxy) is 2. The third kappa shape index (κ3) is 4.60. The molecule has 0 fully saturated rings. The summed E-state index contributed by atoms with van der Waals surface area (Å²) in [6, 6.07) is 9.17. The largest absolute Gasteiger partial charge is 0.481 e. The monoisotopic (exact) mass is 343 g/mol. The van der Waals surface area contributed by atoms with Crippen molar-refractivity contribution in [3.05, 3.63) is 42.1 Å². The molecule has 0 unspecified atom stereocenters. The van der Waals surface area contributed by atoms with Gasteiger partial charge in [-0.1, -0.05) is 6.07 Å². The number of benzene rings is 1. The number of nitrogens with one attached hydrogen (secondary N) is 2. The predicted octanol–water partition coefficient (Wildman–Crippen LogP) is 2.23. The molecule has 8 nitrogen and oxygen atoms in total. The van der Waals surface area contributed by atoms with Crippen molar-refractivity contribution in [3.63, 3.8) is 0 Å². The molecule has 2 aromatic rings. The molecule has 0 radical (unpaired) electrons. The van der Waals surface area contributed by atoms with Crippen LogP contribution in [-0.4, -0.2) is 28.8 Å².